The summed E-state index contributed by atoms with van der Waals surface area (Å²) in [4.78, 5) is 22.7. The van der Waals surface area contributed by atoms with Gasteiger partial charge in [-0.2, -0.15) is 0 Å². The maximum absolute atomic E-state index is 11.9. The third kappa shape index (κ3) is 5.20. The minimum atomic E-state index is -0.0600. The Labute approximate surface area is 151 Å². The van der Waals surface area contributed by atoms with E-state index in [1.807, 2.05) is 12.1 Å². The molecule has 0 radical (unpaired) electrons. The Morgan fingerprint density at radius 2 is 2.16 bits per heavy atom. The number of aromatic nitrogens is 2. The van der Waals surface area contributed by atoms with E-state index in [0.717, 1.165) is 29.7 Å². The number of thioether (sulfide) groups is 1. The fourth-order valence-electron chi connectivity index (χ4n) is 2.74. The van der Waals surface area contributed by atoms with Crippen molar-refractivity contribution in [2.75, 3.05) is 23.7 Å². The zero-order valence-electron chi connectivity index (χ0n) is 14.3. The first-order valence-electron chi connectivity index (χ1n) is 8.24. The monoisotopic (exact) mass is 362 g/mol. The Morgan fingerprint density at radius 3 is 2.88 bits per heavy atom. The van der Waals surface area contributed by atoms with Crippen LogP contribution in [0.3, 0.4) is 0 Å². The van der Waals surface area contributed by atoms with E-state index in [-0.39, 0.29) is 18.1 Å². The summed E-state index contributed by atoms with van der Waals surface area (Å²) in [5, 5.41) is 3.60. The molecule has 7 nitrogen and oxygen atoms in total. The smallest absolute Gasteiger partial charge is 0.230 e. The van der Waals surface area contributed by atoms with Gasteiger partial charge in [-0.1, -0.05) is 11.8 Å². The van der Waals surface area contributed by atoms with E-state index in [4.69, 9.17) is 9.15 Å². The highest BCUT2D eigenvalue weighted by Gasteiger charge is 2.23. The molecule has 2 aromatic rings. The normalized spacial score (nSPS) is 20.5. The molecule has 2 atom stereocenters. The standard InChI is InChI=1S/C17H22N4O3S/c1-12-8-21(9-13(2)24-12)15-6-17(20-11-19-15)25-10-16(22)18-7-14-4-3-5-23-14/h3-6,11-13H,7-10H2,1-2H3,(H,18,22). The highest BCUT2D eigenvalue weighted by atomic mass is 32.2. The molecular weight excluding hydrogens is 340 g/mol. The van der Waals surface area contributed by atoms with Crippen molar-refractivity contribution >= 4 is 23.5 Å². The summed E-state index contributed by atoms with van der Waals surface area (Å²) in [5.74, 6) is 1.84. The first-order chi connectivity index (χ1) is 12.1. The number of amides is 1. The number of furan rings is 1. The Kier molecular flexibility index (Phi) is 5.93. The molecule has 1 fully saturated rings. The molecule has 1 aliphatic rings. The number of hydrogen-bond acceptors (Lipinski definition) is 7. The van der Waals surface area contributed by atoms with E-state index in [1.165, 1.54) is 11.8 Å². The van der Waals surface area contributed by atoms with E-state index in [9.17, 15) is 4.79 Å². The van der Waals surface area contributed by atoms with Crippen LogP contribution in [0.4, 0.5) is 5.82 Å². The van der Waals surface area contributed by atoms with Crippen molar-refractivity contribution in [3.05, 3.63) is 36.5 Å². The minimum absolute atomic E-state index is 0.0600. The Bertz CT molecular complexity index is 685. The van der Waals surface area contributed by atoms with Crippen molar-refractivity contribution in [3.8, 4) is 0 Å². The maximum atomic E-state index is 11.9. The quantitative estimate of drug-likeness (QED) is 0.622. The molecule has 1 aliphatic heterocycles. The Hall–Kier alpha value is -2.06. The van der Waals surface area contributed by atoms with Crippen LogP contribution < -0.4 is 10.2 Å². The SMILES string of the molecule is CC1CN(c2cc(SCC(=O)NCc3ccco3)ncn2)CC(C)O1. The predicted octanol–water partition coefficient (Wildman–Crippen LogP) is 2.09. The van der Waals surface area contributed by atoms with Crippen LogP contribution in [0.25, 0.3) is 0 Å². The molecule has 3 heterocycles. The molecule has 0 aromatic carbocycles. The number of hydrogen-bond donors (Lipinski definition) is 1. The fourth-order valence-corrected chi connectivity index (χ4v) is 3.43. The van der Waals surface area contributed by atoms with Crippen molar-refractivity contribution in [2.45, 2.75) is 37.6 Å². The van der Waals surface area contributed by atoms with Gasteiger partial charge in [0.1, 0.15) is 22.9 Å². The van der Waals surface area contributed by atoms with Gasteiger partial charge in [-0.15, -0.1) is 0 Å². The largest absolute Gasteiger partial charge is 0.467 e. The summed E-state index contributed by atoms with van der Waals surface area (Å²) in [6.45, 7) is 6.11. The molecular formula is C17H22N4O3S. The number of carbonyl (C=O) groups excluding carboxylic acids is 1. The molecule has 134 valence electrons. The second-order valence-electron chi connectivity index (χ2n) is 6.02. The van der Waals surface area contributed by atoms with Gasteiger partial charge in [0.2, 0.25) is 5.91 Å². The van der Waals surface area contributed by atoms with E-state index in [2.05, 4.69) is 34.0 Å². The molecule has 3 rings (SSSR count). The van der Waals surface area contributed by atoms with Crippen LogP contribution in [0.5, 0.6) is 0 Å². The summed E-state index contributed by atoms with van der Waals surface area (Å²) >= 11 is 1.39. The van der Waals surface area contributed by atoms with Crippen LogP contribution in [0, 0.1) is 0 Å². The lowest BCUT2D eigenvalue weighted by Gasteiger charge is -2.36. The highest BCUT2D eigenvalue weighted by Crippen LogP contribution is 2.22. The number of carbonyl (C=O) groups is 1. The number of nitrogens with zero attached hydrogens (tertiary/aromatic N) is 3. The lowest BCUT2D eigenvalue weighted by Crippen LogP contribution is -2.45. The first kappa shape index (κ1) is 17.8. The molecule has 1 saturated heterocycles. The molecule has 0 aliphatic carbocycles. The molecule has 1 amide bonds. The van der Waals surface area contributed by atoms with Crippen molar-refractivity contribution in [2.24, 2.45) is 0 Å². The summed E-state index contributed by atoms with van der Waals surface area (Å²) < 4.78 is 10.9. The third-order valence-electron chi connectivity index (χ3n) is 3.76. The average molecular weight is 362 g/mol. The molecule has 2 aromatic heterocycles. The second-order valence-corrected chi connectivity index (χ2v) is 7.02. The van der Waals surface area contributed by atoms with Gasteiger partial charge in [-0.05, 0) is 26.0 Å². The maximum Gasteiger partial charge on any atom is 0.230 e. The molecule has 1 N–H and O–H groups in total. The topological polar surface area (TPSA) is 80.5 Å². The summed E-state index contributed by atoms with van der Waals surface area (Å²) in [7, 11) is 0. The van der Waals surface area contributed by atoms with E-state index < -0.39 is 0 Å². The Balaban J connectivity index is 1.52. The summed E-state index contributed by atoms with van der Waals surface area (Å²) in [5.41, 5.74) is 0. The highest BCUT2D eigenvalue weighted by molar-refractivity contribution is 7.99. The molecule has 0 saturated carbocycles. The predicted molar refractivity (Wildman–Crippen MR) is 95.5 cm³/mol. The zero-order valence-corrected chi connectivity index (χ0v) is 15.2. The van der Waals surface area contributed by atoms with Gasteiger partial charge in [-0.25, -0.2) is 9.97 Å². The van der Waals surface area contributed by atoms with Crippen molar-refractivity contribution in [3.63, 3.8) is 0 Å². The van der Waals surface area contributed by atoms with Crippen LogP contribution in [-0.2, 0) is 16.1 Å². The third-order valence-corrected chi connectivity index (χ3v) is 4.69. The first-order valence-corrected chi connectivity index (χ1v) is 9.23. The Morgan fingerprint density at radius 1 is 1.36 bits per heavy atom. The van der Waals surface area contributed by atoms with Crippen LogP contribution in [-0.4, -0.2) is 46.9 Å². The molecule has 25 heavy (non-hydrogen) atoms. The van der Waals surface area contributed by atoms with Gasteiger partial charge >= 0.3 is 0 Å². The zero-order chi connectivity index (χ0) is 17.6. The van der Waals surface area contributed by atoms with Crippen molar-refractivity contribution in [1.82, 2.24) is 15.3 Å². The van der Waals surface area contributed by atoms with E-state index in [0.29, 0.717) is 12.3 Å². The molecule has 8 heteroatoms. The minimum Gasteiger partial charge on any atom is -0.467 e. The van der Waals surface area contributed by atoms with Gasteiger partial charge in [-0.3, -0.25) is 4.79 Å². The van der Waals surface area contributed by atoms with Gasteiger partial charge < -0.3 is 19.4 Å². The van der Waals surface area contributed by atoms with Gasteiger partial charge in [0.25, 0.3) is 0 Å². The fraction of sp³-hybridized carbons (Fsp3) is 0.471. The summed E-state index contributed by atoms with van der Waals surface area (Å²) in [6, 6.07) is 5.55. The lowest BCUT2D eigenvalue weighted by atomic mass is 10.2. The average Bonchev–Trinajstić information content (AvgIpc) is 3.11. The van der Waals surface area contributed by atoms with Gasteiger partial charge in [0.05, 0.1) is 30.8 Å². The van der Waals surface area contributed by atoms with Crippen molar-refractivity contribution in [1.29, 1.82) is 0 Å². The van der Waals surface area contributed by atoms with Crippen molar-refractivity contribution < 1.29 is 13.9 Å². The molecule has 0 spiro atoms. The number of nitrogens with one attached hydrogen (secondary N) is 1. The van der Waals surface area contributed by atoms with Crippen LogP contribution in [0.2, 0.25) is 0 Å². The van der Waals surface area contributed by atoms with Crippen LogP contribution in [0.1, 0.15) is 19.6 Å². The summed E-state index contributed by atoms with van der Waals surface area (Å²) in [6.07, 6.45) is 3.47. The molecule has 2 unspecified atom stereocenters. The van der Waals surface area contributed by atoms with Gasteiger partial charge in [0.15, 0.2) is 0 Å². The van der Waals surface area contributed by atoms with Gasteiger partial charge in [0, 0.05) is 19.2 Å². The molecule has 0 bridgehead atoms. The second kappa shape index (κ2) is 8.35. The van der Waals surface area contributed by atoms with Crippen LogP contribution in [0.15, 0.2) is 40.2 Å². The van der Waals surface area contributed by atoms with E-state index in [1.54, 1.807) is 18.7 Å². The van der Waals surface area contributed by atoms with Crippen LogP contribution >= 0.6 is 11.8 Å². The number of morpholine rings is 1. The van der Waals surface area contributed by atoms with E-state index >= 15 is 0 Å². The lowest BCUT2D eigenvalue weighted by molar-refractivity contribution is -0.118. The number of ether oxygens (including phenoxy) is 1. The number of anilines is 1. The number of rotatable bonds is 6.